The Morgan fingerprint density at radius 3 is 2.65 bits per heavy atom. The lowest BCUT2D eigenvalue weighted by molar-refractivity contribution is -0.194. The monoisotopic (exact) mass is 473 g/mol. The quantitative estimate of drug-likeness (QED) is 0.484. The van der Waals surface area contributed by atoms with E-state index in [1.807, 2.05) is 31.1 Å². The smallest absolute Gasteiger partial charge is 0.355 e. The molecule has 2 heterocycles. The molecular formula is C25H30F3N5O. The van der Waals surface area contributed by atoms with Crippen molar-refractivity contribution < 1.29 is 18.0 Å². The van der Waals surface area contributed by atoms with Crippen LogP contribution in [-0.4, -0.2) is 58.8 Å². The first-order valence-corrected chi connectivity index (χ1v) is 11.4. The zero-order valence-electron chi connectivity index (χ0n) is 19.6. The van der Waals surface area contributed by atoms with Gasteiger partial charge in [-0.25, -0.2) is 0 Å². The standard InChI is InChI=1S/C25H30F3N5O/c1-16-10-18(6-9-29-16)21(24(7-8-24)25(26,27)28)13-23(34)30-15-20(33(2)3)12-17-4-5-22-19(11-17)14-31-32-22/h4-6,9-11,14,20-21H,7-8,12-13,15H2,1-3H3,(H,30,34)(H,31,32). The van der Waals surface area contributed by atoms with Crippen molar-refractivity contribution in [2.24, 2.45) is 5.41 Å². The summed E-state index contributed by atoms with van der Waals surface area (Å²) in [6.45, 7) is 2.09. The third-order valence-corrected chi connectivity index (χ3v) is 6.97. The van der Waals surface area contributed by atoms with Crippen molar-refractivity contribution in [3.63, 3.8) is 0 Å². The lowest BCUT2D eigenvalue weighted by Crippen LogP contribution is -2.42. The van der Waals surface area contributed by atoms with E-state index < -0.39 is 17.5 Å². The molecule has 1 fully saturated rings. The Labute approximate surface area is 196 Å². The van der Waals surface area contributed by atoms with Gasteiger partial charge in [0, 0.05) is 42.2 Å². The van der Waals surface area contributed by atoms with E-state index in [4.69, 9.17) is 0 Å². The number of nitrogens with zero attached hydrogens (tertiary/aromatic N) is 3. The van der Waals surface area contributed by atoms with Gasteiger partial charge in [0.2, 0.25) is 5.91 Å². The highest BCUT2D eigenvalue weighted by Crippen LogP contribution is 2.66. The molecule has 0 bridgehead atoms. The molecule has 2 unspecified atom stereocenters. The number of halogens is 3. The van der Waals surface area contributed by atoms with Crippen molar-refractivity contribution in [3.05, 3.63) is 59.5 Å². The molecule has 2 aromatic heterocycles. The molecule has 0 radical (unpaired) electrons. The fourth-order valence-corrected chi connectivity index (χ4v) is 4.70. The Balaban J connectivity index is 1.45. The maximum atomic E-state index is 14.0. The van der Waals surface area contributed by atoms with E-state index in [-0.39, 0.29) is 31.2 Å². The zero-order valence-corrected chi connectivity index (χ0v) is 19.6. The summed E-state index contributed by atoms with van der Waals surface area (Å²) in [4.78, 5) is 19.0. The average molecular weight is 474 g/mol. The van der Waals surface area contributed by atoms with Crippen LogP contribution >= 0.6 is 0 Å². The molecule has 6 nitrogen and oxygen atoms in total. The Bertz CT molecular complexity index is 1150. The van der Waals surface area contributed by atoms with E-state index in [0.717, 1.165) is 16.5 Å². The maximum Gasteiger partial charge on any atom is 0.395 e. The number of hydrogen-bond donors (Lipinski definition) is 2. The molecule has 1 aliphatic carbocycles. The molecule has 1 saturated carbocycles. The number of amides is 1. The summed E-state index contributed by atoms with van der Waals surface area (Å²) in [5, 5.41) is 10.9. The van der Waals surface area contributed by atoms with Crippen LogP contribution in [0.4, 0.5) is 13.2 Å². The molecule has 2 N–H and O–H groups in total. The number of aryl methyl sites for hydroxylation is 1. The van der Waals surface area contributed by atoms with E-state index in [9.17, 15) is 18.0 Å². The van der Waals surface area contributed by atoms with E-state index in [1.54, 1.807) is 25.3 Å². The van der Waals surface area contributed by atoms with Crippen LogP contribution in [0.3, 0.4) is 0 Å². The molecule has 0 aliphatic heterocycles. The Morgan fingerprint density at radius 1 is 1.24 bits per heavy atom. The van der Waals surface area contributed by atoms with Gasteiger partial charge in [-0.1, -0.05) is 6.07 Å². The van der Waals surface area contributed by atoms with E-state index in [2.05, 4.69) is 26.6 Å². The number of pyridine rings is 1. The van der Waals surface area contributed by atoms with Gasteiger partial charge in [0.25, 0.3) is 0 Å². The van der Waals surface area contributed by atoms with Crippen LogP contribution in [0.15, 0.2) is 42.7 Å². The minimum atomic E-state index is -4.35. The summed E-state index contributed by atoms with van der Waals surface area (Å²) in [5.74, 6) is -1.29. The number of aromatic amines is 1. The number of fused-ring (bicyclic) bond motifs is 1. The summed E-state index contributed by atoms with van der Waals surface area (Å²) in [5.41, 5.74) is 1.38. The largest absolute Gasteiger partial charge is 0.395 e. The first-order chi connectivity index (χ1) is 16.1. The van der Waals surface area contributed by atoms with Crippen LogP contribution in [-0.2, 0) is 11.2 Å². The minimum Gasteiger partial charge on any atom is -0.355 e. The SMILES string of the molecule is Cc1cc(C(CC(=O)NCC(Cc2ccc3[nH]ncc3c2)N(C)C)C2(C(F)(F)F)CC2)ccn1. The molecule has 3 aromatic rings. The van der Waals surface area contributed by atoms with E-state index >= 15 is 0 Å². The number of aromatic nitrogens is 3. The van der Waals surface area contributed by atoms with Gasteiger partial charge in [0.1, 0.15) is 0 Å². The molecule has 182 valence electrons. The molecule has 4 rings (SSSR count). The van der Waals surface area contributed by atoms with Crippen LogP contribution in [0.1, 0.15) is 42.0 Å². The Hall–Kier alpha value is -2.94. The van der Waals surface area contributed by atoms with Gasteiger partial charge in [0.15, 0.2) is 0 Å². The number of rotatable bonds is 9. The first kappa shape index (κ1) is 24.2. The molecule has 1 aliphatic rings. The minimum absolute atomic E-state index is 0.00702. The number of nitrogens with one attached hydrogen (secondary N) is 2. The molecule has 1 aromatic carbocycles. The molecule has 2 atom stereocenters. The number of carbonyl (C=O) groups excluding carboxylic acids is 1. The van der Waals surface area contributed by atoms with Gasteiger partial charge >= 0.3 is 6.18 Å². The third kappa shape index (κ3) is 5.09. The highest BCUT2D eigenvalue weighted by Gasteiger charge is 2.67. The highest BCUT2D eigenvalue weighted by molar-refractivity contribution is 5.78. The predicted octanol–water partition coefficient (Wildman–Crippen LogP) is 4.37. The summed E-state index contributed by atoms with van der Waals surface area (Å²) < 4.78 is 41.9. The topological polar surface area (TPSA) is 73.9 Å². The van der Waals surface area contributed by atoms with Gasteiger partial charge in [-0.05, 0) is 75.7 Å². The number of hydrogen-bond acceptors (Lipinski definition) is 4. The summed E-state index contributed by atoms with van der Waals surface area (Å²) in [6.07, 6.45) is -0.494. The van der Waals surface area contributed by atoms with E-state index in [1.165, 1.54) is 6.20 Å². The second kappa shape index (κ2) is 9.37. The first-order valence-electron chi connectivity index (χ1n) is 11.4. The highest BCUT2D eigenvalue weighted by atomic mass is 19.4. The Kier molecular flexibility index (Phi) is 6.66. The predicted molar refractivity (Wildman–Crippen MR) is 124 cm³/mol. The molecule has 9 heteroatoms. The maximum absolute atomic E-state index is 14.0. The molecular weight excluding hydrogens is 443 g/mol. The van der Waals surface area contributed by atoms with Crippen molar-refractivity contribution in [2.75, 3.05) is 20.6 Å². The van der Waals surface area contributed by atoms with Crippen molar-refractivity contribution in [3.8, 4) is 0 Å². The van der Waals surface area contributed by atoms with Gasteiger partial charge < -0.3 is 10.2 Å². The second-order valence-electron chi connectivity index (χ2n) is 9.56. The molecule has 0 saturated heterocycles. The normalized spacial score (nSPS) is 17.0. The zero-order chi connectivity index (χ0) is 24.5. The van der Waals surface area contributed by atoms with Crippen molar-refractivity contribution in [2.45, 2.75) is 50.7 Å². The third-order valence-electron chi connectivity index (χ3n) is 6.97. The van der Waals surface area contributed by atoms with Crippen molar-refractivity contribution in [1.29, 1.82) is 0 Å². The van der Waals surface area contributed by atoms with Crippen molar-refractivity contribution in [1.82, 2.24) is 25.4 Å². The molecule has 34 heavy (non-hydrogen) atoms. The van der Waals surface area contributed by atoms with Crippen molar-refractivity contribution >= 4 is 16.8 Å². The second-order valence-corrected chi connectivity index (χ2v) is 9.56. The lowest BCUT2D eigenvalue weighted by Gasteiger charge is -2.30. The van der Waals surface area contributed by atoms with E-state index in [0.29, 0.717) is 24.2 Å². The lowest BCUT2D eigenvalue weighted by atomic mass is 9.80. The number of alkyl halides is 3. The van der Waals surface area contributed by atoms with Crippen LogP contribution in [0, 0.1) is 12.3 Å². The fraction of sp³-hybridized carbons (Fsp3) is 0.480. The van der Waals surface area contributed by atoms with Crippen LogP contribution in [0.2, 0.25) is 0 Å². The Morgan fingerprint density at radius 2 is 2.00 bits per heavy atom. The average Bonchev–Trinajstić information content (AvgIpc) is 3.46. The van der Waals surface area contributed by atoms with Gasteiger partial charge in [0.05, 0.1) is 17.1 Å². The summed E-state index contributed by atoms with van der Waals surface area (Å²) in [7, 11) is 3.86. The van der Waals surface area contributed by atoms with Gasteiger partial charge in [-0.2, -0.15) is 18.3 Å². The van der Waals surface area contributed by atoms with Crippen LogP contribution < -0.4 is 5.32 Å². The number of benzene rings is 1. The molecule has 0 spiro atoms. The van der Waals surface area contributed by atoms with Gasteiger partial charge in [-0.15, -0.1) is 0 Å². The number of likely N-dealkylation sites (N-methyl/N-ethyl adjacent to an activating group) is 1. The number of carbonyl (C=O) groups is 1. The van der Waals surface area contributed by atoms with Crippen LogP contribution in [0.25, 0.3) is 10.9 Å². The van der Waals surface area contributed by atoms with Gasteiger partial charge in [-0.3, -0.25) is 14.9 Å². The van der Waals surface area contributed by atoms with Crippen LogP contribution in [0.5, 0.6) is 0 Å². The summed E-state index contributed by atoms with van der Waals surface area (Å²) in [6, 6.07) is 9.30. The number of H-pyrrole nitrogens is 1. The fourth-order valence-electron chi connectivity index (χ4n) is 4.70. The molecule has 1 amide bonds. The summed E-state index contributed by atoms with van der Waals surface area (Å²) >= 11 is 0.